The van der Waals surface area contributed by atoms with Gasteiger partial charge in [0.15, 0.2) is 0 Å². The molecule has 0 radical (unpaired) electrons. The van der Waals surface area contributed by atoms with Crippen LogP contribution in [-0.4, -0.2) is 22.3 Å². The SMILES string of the molecule is O=C(c1ccc2ccccc2c1)N1CCc2nc(-c3ccccc3)sc2C1. The van der Waals surface area contributed by atoms with Crippen molar-refractivity contribution in [2.45, 2.75) is 13.0 Å². The van der Waals surface area contributed by atoms with Gasteiger partial charge in [0, 0.05) is 29.0 Å². The summed E-state index contributed by atoms with van der Waals surface area (Å²) in [6, 6.07) is 24.4. The second kappa shape index (κ2) is 6.63. The Labute approximate surface area is 161 Å². The summed E-state index contributed by atoms with van der Waals surface area (Å²) < 4.78 is 0. The normalized spacial score (nSPS) is 13.6. The molecule has 4 aromatic rings. The summed E-state index contributed by atoms with van der Waals surface area (Å²) in [5.74, 6) is 0.0982. The molecule has 0 fully saturated rings. The Morgan fingerprint density at radius 2 is 1.70 bits per heavy atom. The highest BCUT2D eigenvalue weighted by atomic mass is 32.1. The van der Waals surface area contributed by atoms with Gasteiger partial charge in [0.1, 0.15) is 5.01 Å². The topological polar surface area (TPSA) is 33.2 Å². The van der Waals surface area contributed by atoms with E-state index in [1.807, 2.05) is 53.4 Å². The molecule has 0 saturated carbocycles. The molecule has 2 heterocycles. The van der Waals surface area contributed by atoms with E-state index in [4.69, 9.17) is 4.98 Å². The van der Waals surface area contributed by atoms with Crippen LogP contribution >= 0.6 is 11.3 Å². The number of hydrogen-bond acceptors (Lipinski definition) is 3. The Kier molecular flexibility index (Phi) is 3.98. The fourth-order valence-electron chi connectivity index (χ4n) is 3.58. The molecule has 3 aromatic carbocycles. The van der Waals surface area contributed by atoms with Crippen LogP contribution in [0.2, 0.25) is 0 Å². The molecule has 0 saturated heterocycles. The molecular formula is C23H18N2OS. The van der Waals surface area contributed by atoms with E-state index in [1.54, 1.807) is 11.3 Å². The molecule has 27 heavy (non-hydrogen) atoms. The number of hydrogen-bond donors (Lipinski definition) is 0. The van der Waals surface area contributed by atoms with Gasteiger partial charge < -0.3 is 4.90 Å². The second-order valence-corrected chi connectivity index (χ2v) is 7.88. The van der Waals surface area contributed by atoms with E-state index in [9.17, 15) is 4.79 Å². The first-order chi connectivity index (χ1) is 13.3. The fourth-order valence-corrected chi connectivity index (χ4v) is 4.71. The van der Waals surface area contributed by atoms with E-state index in [0.717, 1.165) is 45.6 Å². The number of thiazole rings is 1. The second-order valence-electron chi connectivity index (χ2n) is 6.79. The third kappa shape index (κ3) is 3.02. The molecule has 4 heteroatoms. The molecule has 132 valence electrons. The Hall–Kier alpha value is -2.98. The number of fused-ring (bicyclic) bond motifs is 2. The molecule has 0 unspecified atom stereocenters. The number of nitrogens with zero attached hydrogens (tertiary/aromatic N) is 2. The van der Waals surface area contributed by atoms with Gasteiger partial charge in [0.2, 0.25) is 0 Å². The highest BCUT2D eigenvalue weighted by Gasteiger charge is 2.25. The number of carbonyl (C=O) groups excluding carboxylic acids is 1. The van der Waals surface area contributed by atoms with Crippen molar-refractivity contribution in [1.29, 1.82) is 0 Å². The quantitative estimate of drug-likeness (QED) is 0.488. The van der Waals surface area contributed by atoms with Crippen LogP contribution in [0.5, 0.6) is 0 Å². The van der Waals surface area contributed by atoms with E-state index in [-0.39, 0.29) is 5.91 Å². The van der Waals surface area contributed by atoms with Crippen molar-refractivity contribution in [3.8, 4) is 10.6 Å². The van der Waals surface area contributed by atoms with Gasteiger partial charge in [0.25, 0.3) is 5.91 Å². The average Bonchev–Trinajstić information content (AvgIpc) is 3.17. The Balaban J connectivity index is 1.41. The van der Waals surface area contributed by atoms with E-state index in [1.165, 1.54) is 4.88 Å². The van der Waals surface area contributed by atoms with E-state index < -0.39 is 0 Å². The van der Waals surface area contributed by atoms with Crippen LogP contribution < -0.4 is 0 Å². The van der Waals surface area contributed by atoms with E-state index in [0.29, 0.717) is 6.54 Å². The summed E-state index contributed by atoms with van der Waals surface area (Å²) in [5, 5.41) is 3.30. The molecule has 1 aliphatic heterocycles. The Bertz CT molecular complexity index is 1130. The number of benzene rings is 3. The monoisotopic (exact) mass is 370 g/mol. The molecule has 0 aliphatic carbocycles. The van der Waals surface area contributed by atoms with Crippen LogP contribution in [0, 0.1) is 0 Å². The lowest BCUT2D eigenvalue weighted by molar-refractivity contribution is 0.0736. The molecule has 1 aromatic heterocycles. The minimum Gasteiger partial charge on any atom is -0.333 e. The summed E-state index contributed by atoms with van der Waals surface area (Å²) in [6.45, 7) is 1.36. The molecule has 3 nitrogen and oxygen atoms in total. The van der Waals surface area contributed by atoms with Crippen molar-refractivity contribution in [2.24, 2.45) is 0 Å². The number of amides is 1. The molecular weight excluding hydrogens is 352 g/mol. The fraction of sp³-hybridized carbons (Fsp3) is 0.130. The average molecular weight is 370 g/mol. The minimum absolute atomic E-state index is 0.0982. The van der Waals surface area contributed by atoms with E-state index >= 15 is 0 Å². The first-order valence-corrected chi connectivity index (χ1v) is 9.92. The highest BCUT2D eigenvalue weighted by Crippen LogP contribution is 2.32. The lowest BCUT2D eigenvalue weighted by Gasteiger charge is -2.26. The van der Waals surface area contributed by atoms with Gasteiger partial charge in [-0.25, -0.2) is 4.98 Å². The van der Waals surface area contributed by atoms with Gasteiger partial charge in [-0.2, -0.15) is 0 Å². The van der Waals surface area contributed by atoms with E-state index in [2.05, 4.69) is 24.3 Å². The van der Waals surface area contributed by atoms with Crippen molar-refractivity contribution >= 4 is 28.0 Å². The molecule has 0 spiro atoms. The molecule has 1 amide bonds. The number of aromatic nitrogens is 1. The highest BCUT2D eigenvalue weighted by molar-refractivity contribution is 7.15. The number of rotatable bonds is 2. The van der Waals surface area contributed by atoms with Crippen molar-refractivity contribution in [3.63, 3.8) is 0 Å². The van der Waals surface area contributed by atoms with Crippen molar-refractivity contribution < 1.29 is 4.79 Å². The Morgan fingerprint density at radius 1 is 0.926 bits per heavy atom. The maximum atomic E-state index is 13.0. The van der Waals surface area contributed by atoms with Gasteiger partial charge in [-0.05, 0) is 22.9 Å². The van der Waals surface area contributed by atoms with Gasteiger partial charge >= 0.3 is 0 Å². The van der Waals surface area contributed by atoms with Crippen LogP contribution in [0.1, 0.15) is 20.9 Å². The molecule has 5 rings (SSSR count). The first kappa shape index (κ1) is 16.2. The molecule has 0 atom stereocenters. The predicted molar refractivity (Wildman–Crippen MR) is 110 cm³/mol. The zero-order valence-corrected chi connectivity index (χ0v) is 15.6. The molecule has 0 N–H and O–H groups in total. The molecule has 1 aliphatic rings. The first-order valence-electron chi connectivity index (χ1n) is 9.10. The minimum atomic E-state index is 0.0982. The summed E-state index contributed by atoms with van der Waals surface area (Å²) in [6.07, 6.45) is 0.817. The van der Waals surface area contributed by atoms with Gasteiger partial charge in [-0.1, -0.05) is 60.7 Å². The third-order valence-corrected chi connectivity index (χ3v) is 6.17. The summed E-state index contributed by atoms with van der Waals surface area (Å²) in [5.41, 5.74) is 3.04. The van der Waals surface area contributed by atoms with Gasteiger partial charge in [-0.3, -0.25) is 4.79 Å². The van der Waals surface area contributed by atoms with Crippen LogP contribution in [0.25, 0.3) is 21.3 Å². The lowest BCUT2D eigenvalue weighted by Crippen LogP contribution is -2.35. The number of carbonyl (C=O) groups is 1. The maximum Gasteiger partial charge on any atom is 0.254 e. The summed E-state index contributed by atoms with van der Waals surface area (Å²) in [7, 11) is 0. The van der Waals surface area contributed by atoms with Gasteiger partial charge in [-0.15, -0.1) is 11.3 Å². The Morgan fingerprint density at radius 3 is 2.56 bits per heavy atom. The summed E-state index contributed by atoms with van der Waals surface area (Å²) >= 11 is 1.70. The smallest absolute Gasteiger partial charge is 0.254 e. The standard InChI is InChI=1S/C23H18N2OS/c26-23(19-11-10-16-6-4-5-9-18(16)14-19)25-13-12-20-21(15-25)27-22(24-20)17-7-2-1-3-8-17/h1-11,14H,12-13,15H2. The van der Waals surface area contributed by atoms with Crippen molar-refractivity contribution in [2.75, 3.05) is 6.54 Å². The van der Waals surface area contributed by atoms with Crippen LogP contribution in [0.4, 0.5) is 0 Å². The summed E-state index contributed by atoms with van der Waals surface area (Å²) in [4.78, 5) is 21.0. The lowest BCUT2D eigenvalue weighted by atomic mass is 10.1. The largest absolute Gasteiger partial charge is 0.333 e. The van der Waals surface area contributed by atoms with Crippen LogP contribution in [0.15, 0.2) is 72.8 Å². The van der Waals surface area contributed by atoms with Gasteiger partial charge in [0.05, 0.1) is 12.2 Å². The maximum absolute atomic E-state index is 13.0. The zero-order chi connectivity index (χ0) is 18.2. The van der Waals surface area contributed by atoms with Crippen LogP contribution in [0.3, 0.4) is 0 Å². The zero-order valence-electron chi connectivity index (χ0n) is 14.8. The van der Waals surface area contributed by atoms with Crippen molar-refractivity contribution in [3.05, 3.63) is 88.9 Å². The van der Waals surface area contributed by atoms with Crippen LogP contribution in [-0.2, 0) is 13.0 Å². The molecule has 0 bridgehead atoms. The predicted octanol–water partition coefficient (Wildman–Crippen LogP) is 5.16. The van der Waals surface area contributed by atoms with Crippen molar-refractivity contribution in [1.82, 2.24) is 9.88 Å². The third-order valence-electron chi connectivity index (χ3n) is 5.04.